The van der Waals surface area contributed by atoms with Crippen molar-refractivity contribution in [1.82, 2.24) is 9.88 Å². The van der Waals surface area contributed by atoms with Crippen molar-refractivity contribution in [2.75, 3.05) is 42.9 Å². The molecule has 1 aromatic rings. The minimum Gasteiger partial charge on any atom is -0.369 e. The quantitative estimate of drug-likeness (QED) is 0.833. The summed E-state index contributed by atoms with van der Waals surface area (Å²) in [5.41, 5.74) is 6.10. The Labute approximate surface area is 148 Å². The van der Waals surface area contributed by atoms with Crippen LogP contribution in [0.4, 0.5) is 11.5 Å². The largest absolute Gasteiger partial charge is 0.369 e. The summed E-state index contributed by atoms with van der Waals surface area (Å²) in [7, 11) is 0. The molecule has 3 N–H and O–H groups in total. The molecule has 7 nitrogen and oxygen atoms in total. The molecule has 0 unspecified atom stereocenters. The second-order valence-corrected chi connectivity index (χ2v) is 7.18. The SMILES string of the molecule is C[C@@H]1CN(CC(=O)Nc2ccc(N3CCCCC3)nc2)C[C@H]1C(N)=O. The van der Waals surface area contributed by atoms with Crippen LogP contribution in [0.5, 0.6) is 0 Å². The normalized spacial score (nSPS) is 24.3. The van der Waals surface area contributed by atoms with E-state index in [1.54, 1.807) is 6.20 Å². The van der Waals surface area contributed by atoms with Crippen molar-refractivity contribution >= 4 is 23.3 Å². The molecular weight excluding hydrogens is 318 g/mol. The molecule has 2 saturated heterocycles. The monoisotopic (exact) mass is 345 g/mol. The summed E-state index contributed by atoms with van der Waals surface area (Å²) in [6, 6.07) is 3.86. The number of carbonyl (C=O) groups is 2. The molecule has 0 aromatic carbocycles. The highest BCUT2D eigenvalue weighted by Gasteiger charge is 2.34. The Kier molecular flexibility index (Phi) is 5.53. The smallest absolute Gasteiger partial charge is 0.238 e. The first-order chi connectivity index (χ1) is 12.0. The zero-order valence-electron chi connectivity index (χ0n) is 14.8. The lowest BCUT2D eigenvalue weighted by molar-refractivity contribution is -0.122. The summed E-state index contributed by atoms with van der Waals surface area (Å²) >= 11 is 0. The molecule has 0 radical (unpaired) electrons. The highest BCUT2D eigenvalue weighted by Crippen LogP contribution is 2.22. The number of hydrogen-bond acceptors (Lipinski definition) is 5. The molecule has 1 aromatic heterocycles. The van der Waals surface area contributed by atoms with E-state index >= 15 is 0 Å². The van der Waals surface area contributed by atoms with Crippen molar-refractivity contribution in [2.24, 2.45) is 17.6 Å². The molecule has 2 amide bonds. The predicted octanol–water partition coefficient (Wildman–Crippen LogP) is 1.06. The van der Waals surface area contributed by atoms with Crippen LogP contribution in [-0.2, 0) is 9.59 Å². The number of hydrogen-bond donors (Lipinski definition) is 2. The van der Waals surface area contributed by atoms with Crippen LogP contribution in [0.1, 0.15) is 26.2 Å². The number of nitrogens with two attached hydrogens (primary N) is 1. The van der Waals surface area contributed by atoms with Crippen molar-refractivity contribution in [2.45, 2.75) is 26.2 Å². The second kappa shape index (κ2) is 7.82. The maximum absolute atomic E-state index is 12.2. The van der Waals surface area contributed by atoms with Gasteiger partial charge in [-0.15, -0.1) is 0 Å². The Morgan fingerprint density at radius 2 is 2.00 bits per heavy atom. The number of piperidine rings is 1. The third kappa shape index (κ3) is 4.48. The highest BCUT2D eigenvalue weighted by atomic mass is 16.2. The van der Waals surface area contributed by atoms with Gasteiger partial charge in [-0.05, 0) is 37.3 Å². The van der Waals surface area contributed by atoms with Crippen LogP contribution in [0.25, 0.3) is 0 Å². The molecule has 0 saturated carbocycles. The fourth-order valence-corrected chi connectivity index (χ4v) is 3.74. The predicted molar refractivity (Wildman–Crippen MR) is 97.2 cm³/mol. The lowest BCUT2D eigenvalue weighted by atomic mass is 9.98. The summed E-state index contributed by atoms with van der Waals surface area (Å²) in [6.45, 7) is 5.63. The average molecular weight is 345 g/mol. The molecule has 2 aliphatic heterocycles. The van der Waals surface area contributed by atoms with E-state index in [0.29, 0.717) is 18.8 Å². The van der Waals surface area contributed by atoms with E-state index in [-0.39, 0.29) is 30.2 Å². The molecule has 0 spiro atoms. The van der Waals surface area contributed by atoms with E-state index in [1.165, 1.54) is 19.3 Å². The van der Waals surface area contributed by atoms with E-state index in [9.17, 15) is 9.59 Å². The molecule has 2 aliphatic rings. The molecule has 2 fully saturated rings. The molecule has 3 heterocycles. The van der Waals surface area contributed by atoms with Crippen molar-refractivity contribution in [3.63, 3.8) is 0 Å². The van der Waals surface area contributed by atoms with E-state index in [1.807, 2.05) is 24.0 Å². The second-order valence-electron chi connectivity index (χ2n) is 7.18. The third-order valence-electron chi connectivity index (χ3n) is 5.13. The maximum atomic E-state index is 12.2. The number of primary amides is 1. The third-order valence-corrected chi connectivity index (χ3v) is 5.13. The highest BCUT2D eigenvalue weighted by molar-refractivity contribution is 5.92. The fourth-order valence-electron chi connectivity index (χ4n) is 3.74. The average Bonchev–Trinajstić information content (AvgIpc) is 2.96. The van der Waals surface area contributed by atoms with Gasteiger partial charge in [0.25, 0.3) is 0 Å². The van der Waals surface area contributed by atoms with Crippen LogP contribution >= 0.6 is 0 Å². The van der Waals surface area contributed by atoms with Crippen molar-refractivity contribution < 1.29 is 9.59 Å². The van der Waals surface area contributed by atoms with Crippen LogP contribution in [0.15, 0.2) is 18.3 Å². The van der Waals surface area contributed by atoms with Gasteiger partial charge in [-0.2, -0.15) is 0 Å². The van der Waals surface area contributed by atoms with Gasteiger partial charge in [0.1, 0.15) is 5.82 Å². The Morgan fingerprint density at radius 3 is 2.60 bits per heavy atom. The summed E-state index contributed by atoms with van der Waals surface area (Å²) < 4.78 is 0. The number of nitrogens with zero attached hydrogens (tertiary/aromatic N) is 3. The van der Waals surface area contributed by atoms with E-state index in [2.05, 4.69) is 15.2 Å². The van der Waals surface area contributed by atoms with Gasteiger partial charge in [-0.25, -0.2) is 4.98 Å². The number of nitrogens with one attached hydrogen (secondary N) is 1. The molecule has 136 valence electrons. The van der Waals surface area contributed by atoms with E-state index in [0.717, 1.165) is 18.9 Å². The lowest BCUT2D eigenvalue weighted by Crippen LogP contribution is -2.33. The van der Waals surface area contributed by atoms with Crippen LogP contribution in [0, 0.1) is 11.8 Å². The van der Waals surface area contributed by atoms with E-state index < -0.39 is 0 Å². The number of amides is 2. The van der Waals surface area contributed by atoms with Gasteiger partial charge in [0, 0.05) is 26.2 Å². The summed E-state index contributed by atoms with van der Waals surface area (Å²) in [5.74, 6) is 0.613. The first-order valence-corrected chi connectivity index (χ1v) is 9.05. The van der Waals surface area contributed by atoms with Crippen LogP contribution < -0.4 is 16.0 Å². The first-order valence-electron chi connectivity index (χ1n) is 9.05. The van der Waals surface area contributed by atoms with Crippen LogP contribution in [0.2, 0.25) is 0 Å². The number of pyridine rings is 1. The first kappa shape index (κ1) is 17.7. The molecule has 0 aliphatic carbocycles. The summed E-state index contributed by atoms with van der Waals surface area (Å²) in [4.78, 5) is 32.3. The summed E-state index contributed by atoms with van der Waals surface area (Å²) in [5, 5.41) is 2.88. The minimum absolute atomic E-state index is 0.0927. The minimum atomic E-state index is -0.284. The number of rotatable bonds is 5. The molecule has 2 atom stereocenters. The van der Waals surface area contributed by atoms with Crippen molar-refractivity contribution in [3.05, 3.63) is 18.3 Å². The molecule has 7 heteroatoms. The van der Waals surface area contributed by atoms with Gasteiger partial charge in [0.05, 0.1) is 24.3 Å². The number of aromatic nitrogens is 1. The Morgan fingerprint density at radius 1 is 1.24 bits per heavy atom. The topological polar surface area (TPSA) is 91.6 Å². The zero-order chi connectivity index (χ0) is 17.8. The molecular formula is C18H27N5O2. The van der Waals surface area contributed by atoms with Crippen LogP contribution in [-0.4, -0.2) is 54.4 Å². The Bertz CT molecular complexity index is 612. The molecule has 3 rings (SSSR count). The van der Waals surface area contributed by atoms with Gasteiger partial charge >= 0.3 is 0 Å². The van der Waals surface area contributed by atoms with Gasteiger partial charge in [0.2, 0.25) is 11.8 Å². The van der Waals surface area contributed by atoms with Gasteiger partial charge < -0.3 is 16.0 Å². The molecule has 25 heavy (non-hydrogen) atoms. The van der Waals surface area contributed by atoms with Crippen LogP contribution in [0.3, 0.4) is 0 Å². The zero-order valence-corrected chi connectivity index (χ0v) is 14.8. The maximum Gasteiger partial charge on any atom is 0.238 e. The van der Waals surface area contributed by atoms with Gasteiger partial charge in [-0.3, -0.25) is 14.5 Å². The Balaban J connectivity index is 1.50. The van der Waals surface area contributed by atoms with Gasteiger partial charge in [0.15, 0.2) is 0 Å². The molecule has 0 bridgehead atoms. The number of likely N-dealkylation sites (tertiary alicyclic amines) is 1. The number of carbonyl (C=O) groups excluding carboxylic acids is 2. The fraction of sp³-hybridized carbons (Fsp3) is 0.611. The van der Waals surface area contributed by atoms with Crippen molar-refractivity contribution in [3.8, 4) is 0 Å². The van der Waals surface area contributed by atoms with Crippen molar-refractivity contribution in [1.29, 1.82) is 0 Å². The van der Waals surface area contributed by atoms with Gasteiger partial charge in [-0.1, -0.05) is 6.92 Å². The Hall–Kier alpha value is -2.15. The standard InChI is InChI=1S/C18H27N5O2/c1-13-10-22(11-15(13)18(19)25)12-17(24)21-14-5-6-16(20-9-14)23-7-3-2-4-8-23/h5-6,9,13,15H,2-4,7-8,10-12H2,1H3,(H2,19,25)(H,21,24)/t13-,15-/m1/s1. The summed E-state index contributed by atoms with van der Waals surface area (Å²) in [6.07, 6.45) is 5.42. The number of anilines is 2. The van der Waals surface area contributed by atoms with E-state index in [4.69, 9.17) is 5.73 Å². The lowest BCUT2D eigenvalue weighted by Gasteiger charge is -2.27.